The zero-order chi connectivity index (χ0) is 4.57. The maximum Gasteiger partial charge on any atom is 0.0708 e. The Morgan fingerprint density at radius 2 is 2.33 bits per heavy atom. The highest BCUT2D eigenvalue weighted by Crippen LogP contribution is 2.06. The van der Waals surface area contributed by atoms with Crippen LogP contribution in [-0.2, 0) is 0 Å². The largest absolute Gasteiger partial charge is 0.315 e. The second-order valence-corrected chi connectivity index (χ2v) is 1.71. The molecule has 6 heavy (non-hydrogen) atoms. The van der Waals surface area contributed by atoms with Crippen LogP contribution in [0.5, 0.6) is 0 Å². The van der Waals surface area contributed by atoms with E-state index in [1.807, 2.05) is 0 Å². The highest BCUT2D eigenvalue weighted by atomic mass is 15.2. The van der Waals surface area contributed by atoms with Crippen molar-refractivity contribution in [2.24, 2.45) is 5.73 Å². The Morgan fingerprint density at radius 1 is 1.83 bits per heavy atom. The lowest BCUT2D eigenvalue weighted by Gasteiger charge is -1.76. The molecule has 1 saturated heterocycles. The number of hydrogen-bond acceptors (Lipinski definition) is 2. The molecule has 2 unspecified atom stereocenters. The molecule has 0 saturated carbocycles. The molecule has 0 radical (unpaired) electrons. The minimum atomic E-state index is 0.315. The first-order valence-electron chi connectivity index (χ1n) is 2.36. The summed E-state index contributed by atoms with van der Waals surface area (Å²) in [6, 6.07) is 0.630. The lowest BCUT2D eigenvalue weighted by atomic mass is 10.3. The highest BCUT2D eigenvalue weighted by molar-refractivity contribution is 4.91. The summed E-state index contributed by atoms with van der Waals surface area (Å²) in [6.45, 7) is 2.13. The Kier molecular flexibility index (Phi) is 0.821. The van der Waals surface area contributed by atoms with Gasteiger partial charge in [-0.3, -0.25) is 5.32 Å². The topological polar surface area (TPSA) is 48.0 Å². The quantitative estimate of drug-likeness (QED) is 0.428. The predicted octanol–water partition coefficient (Wildman–Crippen LogP) is -0.347. The van der Waals surface area contributed by atoms with E-state index >= 15 is 0 Å². The summed E-state index contributed by atoms with van der Waals surface area (Å²) in [7, 11) is 0. The van der Waals surface area contributed by atoms with Gasteiger partial charge in [-0.05, 0) is 6.42 Å². The van der Waals surface area contributed by atoms with Crippen molar-refractivity contribution in [1.82, 2.24) is 5.32 Å². The molecule has 0 aromatic heterocycles. The van der Waals surface area contributed by atoms with Crippen LogP contribution in [0.3, 0.4) is 0 Å². The van der Waals surface area contributed by atoms with Crippen molar-refractivity contribution in [2.75, 3.05) is 0 Å². The fourth-order valence-electron chi connectivity index (χ4n) is 0.563. The van der Waals surface area contributed by atoms with E-state index < -0.39 is 0 Å². The molecule has 2 atom stereocenters. The highest BCUT2D eigenvalue weighted by Gasteiger charge is 2.29. The molecule has 3 N–H and O–H groups in total. The first kappa shape index (κ1) is 4.09. The van der Waals surface area contributed by atoms with E-state index in [9.17, 15) is 0 Å². The summed E-state index contributed by atoms with van der Waals surface area (Å²) in [5.74, 6) is 0. The molecule has 1 rings (SSSR count). The van der Waals surface area contributed by atoms with Gasteiger partial charge in [0.05, 0.1) is 6.17 Å². The van der Waals surface area contributed by atoms with Gasteiger partial charge in [0.2, 0.25) is 0 Å². The van der Waals surface area contributed by atoms with Crippen LogP contribution in [0.2, 0.25) is 0 Å². The minimum Gasteiger partial charge on any atom is -0.315 e. The minimum absolute atomic E-state index is 0.315. The SMILES string of the molecule is CCC1NC1N. The standard InChI is InChI=1S/C4H10N2/c1-2-3-4(5)6-3/h3-4,6H,2,5H2,1H3. The van der Waals surface area contributed by atoms with Gasteiger partial charge >= 0.3 is 0 Å². The fraction of sp³-hybridized carbons (Fsp3) is 1.00. The van der Waals surface area contributed by atoms with Crippen molar-refractivity contribution in [3.05, 3.63) is 0 Å². The number of nitrogens with one attached hydrogen (secondary N) is 1. The zero-order valence-electron chi connectivity index (χ0n) is 3.94. The van der Waals surface area contributed by atoms with E-state index in [1.54, 1.807) is 0 Å². The van der Waals surface area contributed by atoms with E-state index in [1.165, 1.54) is 6.42 Å². The van der Waals surface area contributed by atoms with Crippen LogP contribution < -0.4 is 11.1 Å². The van der Waals surface area contributed by atoms with Crippen molar-refractivity contribution in [3.8, 4) is 0 Å². The van der Waals surface area contributed by atoms with Crippen molar-refractivity contribution < 1.29 is 0 Å². The van der Waals surface area contributed by atoms with Crippen LogP contribution in [0.25, 0.3) is 0 Å². The Balaban J connectivity index is 2.09. The van der Waals surface area contributed by atoms with Crippen LogP contribution in [0.1, 0.15) is 13.3 Å². The molecule has 0 bridgehead atoms. The van der Waals surface area contributed by atoms with E-state index in [0.717, 1.165) is 0 Å². The maximum absolute atomic E-state index is 5.37. The molecule has 1 aliphatic rings. The maximum atomic E-state index is 5.37. The lowest BCUT2D eigenvalue weighted by Crippen LogP contribution is -2.05. The average Bonchev–Trinajstić information content (AvgIpc) is 2.19. The first-order valence-corrected chi connectivity index (χ1v) is 2.36. The van der Waals surface area contributed by atoms with Crippen molar-refractivity contribution in [3.63, 3.8) is 0 Å². The molecule has 0 aromatic carbocycles. The molecule has 1 aliphatic heterocycles. The Bertz CT molecular complexity index is 51.5. The van der Waals surface area contributed by atoms with Gasteiger partial charge in [-0.2, -0.15) is 0 Å². The van der Waals surface area contributed by atoms with E-state index in [4.69, 9.17) is 5.73 Å². The number of rotatable bonds is 1. The van der Waals surface area contributed by atoms with E-state index in [-0.39, 0.29) is 0 Å². The van der Waals surface area contributed by atoms with Gasteiger partial charge in [0.15, 0.2) is 0 Å². The third kappa shape index (κ3) is 0.533. The molecule has 36 valence electrons. The Labute approximate surface area is 37.7 Å². The molecule has 0 aliphatic carbocycles. The van der Waals surface area contributed by atoms with Gasteiger partial charge < -0.3 is 5.73 Å². The van der Waals surface area contributed by atoms with Gasteiger partial charge in [0.25, 0.3) is 0 Å². The Hall–Kier alpha value is -0.0800. The zero-order valence-corrected chi connectivity index (χ0v) is 3.94. The van der Waals surface area contributed by atoms with Crippen LogP contribution in [-0.4, -0.2) is 12.2 Å². The summed E-state index contributed by atoms with van der Waals surface area (Å²) in [4.78, 5) is 0. The third-order valence-electron chi connectivity index (χ3n) is 1.17. The number of hydrogen-bond donors (Lipinski definition) is 2. The third-order valence-corrected chi connectivity index (χ3v) is 1.17. The van der Waals surface area contributed by atoms with Crippen LogP contribution in [0.4, 0.5) is 0 Å². The summed E-state index contributed by atoms with van der Waals surface area (Å²) in [5.41, 5.74) is 5.37. The van der Waals surface area contributed by atoms with E-state index in [0.29, 0.717) is 12.2 Å². The van der Waals surface area contributed by atoms with Crippen LogP contribution in [0.15, 0.2) is 0 Å². The van der Waals surface area contributed by atoms with Crippen molar-refractivity contribution in [1.29, 1.82) is 0 Å². The summed E-state index contributed by atoms with van der Waals surface area (Å²) in [6.07, 6.45) is 1.48. The lowest BCUT2D eigenvalue weighted by molar-refractivity contribution is 0.860. The van der Waals surface area contributed by atoms with Gasteiger partial charge in [0.1, 0.15) is 0 Å². The van der Waals surface area contributed by atoms with Crippen molar-refractivity contribution >= 4 is 0 Å². The first-order chi connectivity index (χ1) is 2.84. The molecule has 2 heteroatoms. The molecule has 0 amide bonds. The molecule has 1 heterocycles. The van der Waals surface area contributed by atoms with Crippen LogP contribution in [0, 0.1) is 0 Å². The van der Waals surface area contributed by atoms with Gasteiger partial charge in [-0.1, -0.05) is 6.92 Å². The van der Waals surface area contributed by atoms with Gasteiger partial charge in [0, 0.05) is 6.04 Å². The molecule has 1 fully saturated rings. The smallest absolute Gasteiger partial charge is 0.0708 e. The van der Waals surface area contributed by atoms with Gasteiger partial charge in [-0.15, -0.1) is 0 Å². The van der Waals surface area contributed by atoms with Crippen LogP contribution >= 0.6 is 0 Å². The van der Waals surface area contributed by atoms with Crippen molar-refractivity contribution in [2.45, 2.75) is 25.6 Å². The molecular weight excluding hydrogens is 76.1 g/mol. The van der Waals surface area contributed by atoms with Gasteiger partial charge in [-0.25, -0.2) is 0 Å². The Morgan fingerprint density at radius 3 is 2.33 bits per heavy atom. The second kappa shape index (κ2) is 1.21. The second-order valence-electron chi connectivity index (χ2n) is 1.71. The normalized spacial score (nSPS) is 43.0. The van der Waals surface area contributed by atoms with E-state index in [2.05, 4.69) is 12.2 Å². The summed E-state index contributed by atoms with van der Waals surface area (Å²) < 4.78 is 0. The molecule has 0 spiro atoms. The molecular formula is C4H10N2. The monoisotopic (exact) mass is 86.1 g/mol. The predicted molar refractivity (Wildman–Crippen MR) is 25.2 cm³/mol. The molecule has 2 nitrogen and oxygen atoms in total. The summed E-state index contributed by atoms with van der Waals surface area (Å²) >= 11 is 0. The summed E-state index contributed by atoms with van der Waals surface area (Å²) in [5, 5.41) is 3.06. The average molecular weight is 86.1 g/mol. The number of nitrogens with two attached hydrogens (primary N) is 1. The molecule has 0 aromatic rings. The fourth-order valence-corrected chi connectivity index (χ4v) is 0.563.